The minimum Gasteiger partial charge on any atom is -0.496 e. The summed E-state index contributed by atoms with van der Waals surface area (Å²) in [5, 5.41) is 2.84. The van der Waals surface area contributed by atoms with Crippen molar-refractivity contribution in [2.75, 3.05) is 40.0 Å². The molecule has 0 radical (unpaired) electrons. The average molecular weight is 451 g/mol. The summed E-state index contributed by atoms with van der Waals surface area (Å²) in [5.41, 5.74) is 1.59. The third-order valence-corrected chi connectivity index (χ3v) is 7.02. The van der Waals surface area contributed by atoms with E-state index >= 15 is 0 Å². The van der Waals surface area contributed by atoms with Gasteiger partial charge in [0, 0.05) is 26.1 Å². The predicted octanol–water partition coefficient (Wildman–Crippen LogP) is 2.15. The number of carbonyl (C=O) groups is 1. The Hall–Kier alpha value is -2.49. The Kier molecular flexibility index (Phi) is 8.00. The van der Waals surface area contributed by atoms with Crippen LogP contribution in [-0.4, -0.2) is 58.6 Å². The van der Waals surface area contributed by atoms with E-state index < -0.39 is 10.0 Å². The van der Waals surface area contributed by atoms with Crippen LogP contribution in [0.2, 0.25) is 0 Å². The number of morpholine rings is 1. The van der Waals surface area contributed by atoms with Gasteiger partial charge in [0.25, 0.3) is 0 Å². The van der Waals surface area contributed by atoms with Gasteiger partial charge < -0.3 is 14.8 Å². The highest BCUT2D eigenvalue weighted by molar-refractivity contribution is 7.89. The van der Waals surface area contributed by atoms with Gasteiger partial charge in [-0.05, 0) is 54.3 Å². The summed E-state index contributed by atoms with van der Waals surface area (Å²) in [7, 11) is -2.11. The Morgan fingerprint density at radius 1 is 1.13 bits per heavy atom. The maximum Gasteiger partial charge on any atom is 0.243 e. The highest BCUT2D eigenvalue weighted by Crippen LogP contribution is 2.26. The molecule has 1 N–H and O–H groups in total. The van der Waals surface area contributed by atoms with Gasteiger partial charge in [-0.3, -0.25) is 4.79 Å². The molecule has 0 bridgehead atoms. The number of sulfonamides is 1. The number of ether oxygens (including phenoxy) is 2. The van der Waals surface area contributed by atoms with E-state index in [4.69, 9.17) is 9.47 Å². The maximum absolute atomic E-state index is 12.9. The van der Waals surface area contributed by atoms with Crippen LogP contribution in [-0.2, 0) is 32.4 Å². The first-order valence-electron chi connectivity index (χ1n) is 10.2. The van der Waals surface area contributed by atoms with Crippen molar-refractivity contribution in [3.63, 3.8) is 0 Å². The molecule has 31 heavy (non-hydrogen) atoms. The van der Waals surface area contributed by atoms with Crippen LogP contribution in [0.25, 0.3) is 0 Å². The van der Waals surface area contributed by atoms with E-state index in [-0.39, 0.29) is 23.0 Å². The molecule has 0 aliphatic carbocycles. The monoisotopic (exact) mass is 450 g/mol. The largest absolute Gasteiger partial charge is 0.496 e. The maximum atomic E-state index is 12.9. The molecular weight excluding hydrogens is 423 g/mol. The van der Waals surface area contributed by atoms with Crippen LogP contribution in [0, 0.1) is 5.82 Å². The van der Waals surface area contributed by atoms with Gasteiger partial charge >= 0.3 is 0 Å². The average Bonchev–Trinajstić information content (AvgIpc) is 2.79. The number of halogens is 1. The third kappa shape index (κ3) is 6.25. The van der Waals surface area contributed by atoms with E-state index in [0.29, 0.717) is 57.0 Å². The van der Waals surface area contributed by atoms with Gasteiger partial charge in [0.2, 0.25) is 15.9 Å². The van der Waals surface area contributed by atoms with Crippen molar-refractivity contribution in [1.29, 1.82) is 0 Å². The lowest BCUT2D eigenvalue weighted by Crippen LogP contribution is -2.40. The minimum atomic E-state index is -3.63. The van der Waals surface area contributed by atoms with Crippen LogP contribution in [0.4, 0.5) is 4.39 Å². The second-order valence-electron chi connectivity index (χ2n) is 7.22. The second kappa shape index (κ2) is 10.7. The molecule has 0 saturated carbocycles. The number of hydrogen-bond donors (Lipinski definition) is 1. The molecule has 1 aliphatic heterocycles. The fraction of sp³-hybridized carbons (Fsp3) is 0.409. The van der Waals surface area contributed by atoms with Crippen molar-refractivity contribution in [3.05, 3.63) is 59.4 Å². The first-order valence-corrected chi connectivity index (χ1v) is 11.6. The summed E-state index contributed by atoms with van der Waals surface area (Å²) >= 11 is 0. The molecule has 0 unspecified atom stereocenters. The SMILES string of the molecule is COc1ccc(S(=O)(=O)N2CCOCC2)cc1CCC(=O)NCCc1ccc(F)cc1. The molecule has 2 aromatic carbocycles. The zero-order valence-electron chi connectivity index (χ0n) is 17.5. The standard InChI is InChI=1S/C22H27FN2O5S/c1-29-21-8-7-20(31(27,28)25-12-14-30-15-13-25)16-18(21)4-9-22(26)24-11-10-17-2-5-19(23)6-3-17/h2-3,5-8,16H,4,9-15H2,1H3,(H,24,26). The number of benzene rings is 2. The van der Waals surface area contributed by atoms with Crippen molar-refractivity contribution in [3.8, 4) is 5.75 Å². The van der Waals surface area contributed by atoms with Gasteiger partial charge in [-0.2, -0.15) is 4.31 Å². The Morgan fingerprint density at radius 2 is 1.84 bits per heavy atom. The van der Waals surface area contributed by atoms with Gasteiger partial charge in [0.15, 0.2) is 0 Å². The Balaban J connectivity index is 1.59. The van der Waals surface area contributed by atoms with Crippen LogP contribution >= 0.6 is 0 Å². The molecule has 2 aromatic rings. The van der Waals surface area contributed by atoms with E-state index in [1.165, 1.54) is 29.6 Å². The van der Waals surface area contributed by atoms with E-state index in [1.54, 1.807) is 24.3 Å². The van der Waals surface area contributed by atoms with E-state index in [2.05, 4.69) is 5.32 Å². The van der Waals surface area contributed by atoms with Crippen LogP contribution in [0.1, 0.15) is 17.5 Å². The van der Waals surface area contributed by atoms with Gasteiger partial charge in [-0.1, -0.05) is 12.1 Å². The molecular formula is C22H27FN2O5S. The Bertz CT molecular complexity index is 989. The van der Waals surface area contributed by atoms with Crippen LogP contribution < -0.4 is 10.1 Å². The minimum absolute atomic E-state index is 0.148. The van der Waals surface area contributed by atoms with Crippen LogP contribution in [0.15, 0.2) is 47.4 Å². The summed E-state index contributed by atoms with van der Waals surface area (Å²) in [6, 6.07) is 10.9. The fourth-order valence-corrected chi connectivity index (χ4v) is 4.84. The smallest absolute Gasteiger partial charge is 0.243 e. The quantitative estimate of drug-likeness (QED) is 0.633. The molecule has 1 heterocycles. The van der Waals surface area contributed by atoms with Crippen molar-refractivity contribution in [2.45, 2.75) is 24.2 Å². The number of aryl methyl sites for hydroxylation is 1. The summed E-state index contributed by atoms with van der Waals surface area (Å²) in [5.74, 6) is 0.102. The number of nitrogens with zero attached hydrogens (tertiary/aromatic N) is 1. The summed E-state index contributed by atoms with van der Waals surface area (Å²) < 4.78 is 50.7. The Labute approximate surface area is 182 Å². The highest BCUT2D eigenvalue weighted by atomic mass is 32.2. The summed E-state index contributed by atoms with van der Waals surface area (Å²) in [6.45, 7) is 1.83. The molecule has 3 rings (SSSR count). The number of nitrogens with one attached hydrogen (secondary N) is 1. The normalized spacial score (nSPS) is 14.9. The first-order chi connectivity index (χ1) is 14.9. The number of hydrogen-bond acceptors (Lipinski definition) is 5. The van der Waals surface area contributed by atoms with Crippen LogP contribution in [0.5, 0.6) is 5.75 Å². The van der Waals surface area contributed by atoms with Gasteiger partial charge in [-0.25, -0.2) is 12.8 Å². The number of carbonyl (C=O) groups excluding carboxylic acids is 1. The third-order valence-electron chi connectivity index (χ3n) is 5.13. The molecule has 168 valence electrons. The number of amides is 1. The number of rotatable bonds is 9. The summed E-state index contributed by atoms with van der Waals surface area (Å²) in [4.78, 5) is 12.4. The van der Waals surface area contributed by atoms with Crippen molar-refractivity contribution >= 4 is 15.9 Å². The van der Waals surface area contributed by atoms with E-state index in [9.17, 15) is 17.6 Å². The predicted molar refractivity (Wildman–Crippen MR) is 114 cm³/mol. The molecule has 0 atom stereocenters. The van der Waals surface area contributed by atoms with Gasteiger partial charge in [0.05, 0.1) is 25.2 Å². The topological polar surface area (TPSA) is 84.9 Å². The Morgan fingerprint density at radius 3 is 2.52 bits per heavy atom. The van der Waals surface area contributed by atoms with Crippen molar-refractivity contribution in [1.82, 2.24) is 9.62 Å². The summed E-state index contributed by atoms with van der Waals surface area (Å²) in [6.07, 6.45) is 1.14. The van der Waals surface area contributed by atoms with Crippen molar-refractivity contribution < 1.29 is 27.1 Å². The lowest BCUT2D eigenvalue weighted by Gasteiger charge is -2.26. The zero-order chi connectivity index (χ0) is 22.3. The van der Waals surface area contributed by atoms with Crippen LogP contribution in [0.3, 0.4) is 0 Å². The molecule has 1 aliphatic rings. The molecule has 1 fully saturated rings. The van der Waals surface area contributed by atoms with E-state index in [0.717, 1.165) is 5.56 Å². The molecule has 9 heteroatoms. The van der Waals surface area contributed by atoms with Gasteiger partial charge in [0.1, 0.15) is 11.6 Å². The molecule has 1 amide bonds. The molecule has 0 spiro atoms. The molecule has 0 aromatic heterocycles. The highest BCUT2D eigenvalue weighted by Gasteiger charge is 2.27. The lowest BCUT2D eigenvalue weighted by atomic mass is 10.1. The fourth-order valence-electron chi connectivity index (χ4n) is 3.38. The number of methoxy groups -OCH3 is 1. The molecule has 1 saturated heterocycles. The van der Waals surface area contributed by atoms with Crippen molar-refractivity contribution in [2.24, 2.45) is 0 Å². The lowest BCUT2D eigenvalue weighted by molar-refractivity contribution is -0.121. The second-order valence-corrected chi connectivity index (χ2v) is 9.15. The zero-order valence-corrected chi connectivity index (χ0v) is 18.3. The first kappa shape index (κ1) is 23.2. The van der Waals surface area contributed by atoms with Gasteiger partial charge in [-0.15, -0.1) is 0 Å². The van der Waals surface area contributed by atoms with E-state index in [1.807, 2.05) is 0 Å². The molecule has 7 nitrogen and oxygen atoms in total.